The van der Waals surface area contributed by atoms with Crippen LogP contribution in [-0.4, -0.2) is 52.8 Å². The van der Waals surface area contributed by atoms with Gasteiger partial charge in [-0.15, -0.1) is 0 Å². The number of anilines is 1. The molecule has 104 valence electrons. The van der Waals surface area contributed by atoms with Crippen LogP contribution in [0.25, 0.3) is 0 Å². The Bertz CT molecular complexity index is 483. The number of nitrogens with zero attached hydrogens (tertiary/aromatic N) is 2. The molecule has 2 heterocycles. The molecule has 7 heteroatoms. The van der Waals surface area contributed by atoms with E-state index < -0.39 is 0 Å². The minimum absolute atomic E-state index is 0.124. The molecule has 1 amide bonds. The van der Waals surface area contributed by atoms with Crippen LogP contribution in [0, 0.1) is 0 Å². The summed E-state index contributed by atoms with van der Waals surface area (Å²) in [6.45, 7) is 2.51. The van der Waals surface area contributed by atoms with E-state index in [0.717, 1.165) is 0 Å². The molecule has 1 aliphatic rings. The predicted molar refractivity (Wildman–Crippen MR) is 71.0 cm³/mol. The Morgan fingerprint density at radius 3 is 3.11 bits per heavy atom. The third-order valence-electron chi connectivity index (χ3n) is 2.95. The quantitative estimate of drug-likeness (QED) is 0.774. The van der Waals surface area contributed by atoms with E-state index in [1.54, 1.807) is 4.90 Å². The molecule has 2 atom stereocenters. The number of aliphatic hydroxyl groups is 1. The lowest BCUT2D eigenvalue weighted by Crippen LogP contribution is -2.50. The Morgan fingerprint density at radius 1 is 1.68 bits per heavy atom. The second kappa shape index (κ2) is 5.73. The van der Waals surface area contributed by atoms with Crippen LogP contribution in [0.15, 0.2) is 12.3 Å². The van der Waals surface area contributed by atoms with Crippen LogP contribution in [0.1, 0.15) is 17.3 Å². The van der Waals surface area contributed by atoms with Gasteiger partial charge in [0.25, 0.3) is 5.91 Å². The molecule has 6 nitrogen and oxygen atoms in total. The van der Waals surface area contributed by atoms with Crippen molar-refractivity contribution in [1.82, 2.24) is 9.88 Å². The molecule has 1 saturated heterocycles. The Kier molecular flexibility index (Phi) is 4.24. The van der Waals surface area contributed by atoms with Crippen molar-refractivity contribution in [3.63, 3.8) is 0 Å². The average Bonchev–Trinajstić information content (AvgIpc) is 2.40. The highest BCUT2D eigenvalue weighted by atomic mass is 35.5. The Balaban J connectivity index is 2.21. The second-order valence-corrected chi connectivity index (χ2v) is 4.94. The molecule has 2 unspecified atom stereocenters. The van der Waals surface area contributed by atoms with Crippen LogP contribution in [0.3, 0.4) is 0 Å². The molecular weight excluding hydrogens is 270 g/mol. The fourth-order valence-electron chi connectivity index (χ4n) is 2.11. The molecule has 0 bridgehead atoms. The first-order valence-corrected chi connectivity index (χ1v) is 6.35. The first-order chi connectivity index (χ1) is 9.01. The number of carbonyl (C=O) groups excluding carboxylic acids is 1. The number of nitrogens with two attached hydrogens (primary N) is 1. The Labute approximate surface area is 116 Å². The van der Waals surface area contributed by atoms with Crippen molar-refractivity contribution in [2.45, 2.75) is 19.1 Å². The summed E-state index contributed by atoms with van der Waals surface area (Å²) in [5, 5.41) is 9.38. The van der Waals surface area contributed by atoms with Gasteiger partial charge in [0.05, 0.1) is 36.3 Å². The van der Waals surface area contributed by atoms with E-state index in [9.17, 15) is 4.79 Å². The minimum Gasteiger partial charge on any atom is -0.397 e. The highest BCUT2D eigenvalue weighted by Gasteiger charge is 2.29. The van der Waals surface area contributed by atoms with Gasteiger partial charge in [0.2, 0.25) is 0 Å². The summed E-state index contributed by atoms with van der Waals surface area (Å²) in [5.74, 6) is -0.226. The highest BCUT2D eigenvalue weighted by Crippen LogP contribution is 2.20. The smallest absolute Gasteiger partial charge is 0.256 e. The number of nitrogen functional groups attached to an aromatic ring is 1. The monoisotopic (exact) mass is 285 g/mol. The normalized spacial score (nSPS) is 23.4. The summed E-state index contributed by atoms with van der Waals surface area (Å²) in [6, 6.07) is 1.45. The molecule has 19 heavy (non-hydrogen) atoms. The third kappa shape index (κ3) is 3.15. The van der Waals surface area contributed by atoms with Crippen molar-refractivity contribution in [3.05, 3.63) is 23.0 Å². The fourth-order valence-corrected chi connectivity index (χ4v) is 2.27. The van der Waals surface area contributed by atoms with Gasteiger partial charge in [-0.05, 0) is 13.0 Å². The Morgan fingerprint density at radius 2 is 2.42 bits per heavy atom. The number of hydrogen-bond donors (Lipinski definition) is 2. The molecule has 0 radical (unpaired) electrons. The van der Waals surface area contributed by atoms with Gasteiger partial charge < -0.3 is 20.5 Å². The van der Waals surface area contributed by atoms with Crippen molar-refractivity contribution in [2.75, 3.05) is 25.4 Å². The molecular formula is C12H16ClN3O3. The zero-order valence-corrected chi connectivity index (χ0v) is 11.3. The third-order valence-corrected chi connectivity index (χ3v) is 3.16. The number of rotatable bonds is 2. The van der Waals surface area contributed by atoms with Gasteiger partial charge in [-0.2, -0.15) is 0 Å². The van der Waals surface area contributed by atoms with Crippen LogP contribution >= 0.6 is 11.6 Å². The van der Waals surface area contributed by atoms with Crippen molar-refractivity contribution in [2.24, 2.45) is 0 Å². The van der Waals surface area contributed by atoms with E-state index in [4.69, 9.17) is 27.2 Å². The van der Waals surface area contributed by atoms with E-state index in [-0.39, 0.29) is 35.6 Å². The van der Waals surface area contributed by atoms with Gasteiger partial charge in [0, 0.05) is 13.1 Å². The number of morpholine rings is 1. The number of carbonyl (C=O) groups is 1. The molecule has 0 aliphatic carbocycles. The zero-order chi connectivity index (χ0) is 14.0. The molecule has 0 saturated carbocycles. The molecule has 0 spiro atoms. The fraction of sp³-hybridized carbons (Fsp3) is 0.500. The summed E-state index contributed by atoms with van der Waals surface area (Å²) in [5.41, 5.74) is 6.36. The SMILES string of the molecule is CC1CN(C(=O)c2cc(Cl)ncc2N)CC(CO)O1. The van der Waals surface area contributed by atoms with Crippen molar-refractivity contribution in [3.8, 4) is 0 Å². The number of hydrogen-bond acceptors (Lipinski definition) is 5. The highest BCUT2D eigenvalue weighted by molar-refractivity contribution is 6.29. The van der Waals surface area contributed by atoms with Crippen molar-refractivity contribution < 1.29 is 14.6 Å². The standard InChI is InChI=1S/C12H16ClN3O3/c1-7-4-16(5-8(6-17)19-7)12(18)9-2-11(13)15-3-10(9)14/h2-3,7-8,17H,4-6,14H2,1H3. The van der Waals surface area contributed by atoms with E-state index in [2.05, 4.69) is 4.98 Å². The van der Waals surface area contributed by atoms with Crippen molar-refractivity contribution in [1.29, 1.82) is 0 Å². The number of halogens is 1. The van der Waals surface area contributed by atoms with Gasteiger partial charge in [-0.1, -0.05) is 11.6 Å². The maximum atomic E-state index is 12.4. The molecule has 0 aromatic carbocycles. The van der Waals surface area contributed by atoms with E-state index >= 15 is 0 Å². The van der Waals surface area contributed by atoms with E-state index in [1.807, 2.05) is 6.92 Å². The van der Waals surface area contributed by atoms with E-state index in [0.29, 0.717) is 18.7 Å². The second-order valence-electron chi connectivity index (χ2n) is 4.56. The topological polar surface area (TPSA) is 88.7 Å². The maximum Gasteiger partial charge on any atom is 0.256 e. The first-order valence-electron chi connectivity index (χ1n) is 5.98. The van der Waals surface area contributed by atoms with Gasteiger partial charge >= 0.3 is 0 Å². The maximum absolute atomic E-state index is 12.4. The summed E-state index contributed by atoms with van der Waals surface area (Å²) in [7, 11) is 0. The summed E-state index contributed by atoms with van der Waals surface area (Å²) in [4.78, 5) is 17.8. The van der Waals surface area contributed by atoms with Crippen LogP contribution < -0.4 is 5.73 Å². The first kappa shape index (κ1) is 14.0. The molecule has 1 aliphatic heterocycles. The van der Waals surface area contributed by atoms with E-state index in [1.165, 1.54) is 12.3 Å². The minimum atomic E-state index is -0.369. The summed E-state index contributed by atoms with van der Waals surface area (Å²) < 4.78 is 5.49. The predicted octanol–water partition coefficient (Wildman–Crippen LogP) is 0.539. The van der Waals surface area contributed by atoms with Gasteiger partial charge in [0.1, 0.15) is 5.15 Å². The van der Waals surface area contributed by atoms with Crippen LogP contribution in [0.5, 0.6) is 0 Å². The van der Waals surface area contributed by atoms with Crippen LogP contribution in [0.2, 0.25) is 5.15 Å². The average molecular weight is 286 g/mol. The number of aliphatic hydroxyl groups excluding tert-OH is 1. The van der Waals surface area contributed by atoms with Gasteiger partial charge in [-0.25, -0.2) is 4.98 Å². The lowest BCUT2D eigenvalue weighted by atomic mass is 10.1. The van der Waals surface area contributed by atoms with Crippen LogP contribution in [-0.2, 0) is 4.74 Å². The molecule has 1 aromatic heterocycles. The van der Waals surface area contributed by atoms with Crippen molar-refractivity contribution >= 4 is 23.2 Å². The zero-order valence-electron chi connectivity index (χ0n) is 10.5. The lowest BCUT2D eigenvalue weighted by molar-refractivity contribution is -0.0858. The lowest BCUT2D eigenvalue weighted by Gasteiger charge is -2.36. The molecule has 2 rings (SSSR count). The summed E-state index contributed by atoms with van der Waals surface area (Å²) >= 11 is 5.78. The number of ether oxygens (including phenoxy) is 1. The van der Waals surface area contributed by atoms with Crippen LogP contribution in [0.4, 0.5) is 5.69 Å². The number of aromatic nitrogens is 1. The number of pyridine rings is 1. The summed E-state index contributed by atoms with van der Waals surface area (Å²) in [6.07, 6.45) is 0.864. The van der Waals surface area contributed by atoms with Gasteiger partial charge in [0.15, 0.2) is 0 Å². The largest absolute Gasteiger partial charge is 0.397 e. The molecule has 1 aromatic rings. The molecule has 3 N–H and O–H groups in total. The van der Waals surface area contributed by atoms with Gasteiger partial charge in [-0.3, -0.25) is 4.79 Å². The number of amides is 1. The Hall–Kier alpha value is -1.37. The molecule has 1 fully saturated rings.